The zero-order valence-electron chi connectivity index (χ0n) is 15.3. The summed E-state index contributed by atoms with van der Waals surface area (Å²) in [7, 11) is 1.74. The molecule has 2 atom stereocenters. The van der Waals surface area contributed by atoms with Crippen molar-refractivity contribution in [3.63, 3.8) is 0 Å². The van der Waals surface area contributed by atoms with Crippen LogP contribution in [0.1, 0.15) is 19.8 Å². The van der Waals surface area contributed by atoms with Gasteiger partial charge in [0.05, 0.1) is 16.7 Å². The van der Waals surface area contributed by atoms with Crippen LogP contribution in [-0.4, -0.2) is 49.8 Å². The van der Waals surface area contributed by atoms with Gasteiger partial charge in [0.15, 0.2) is 11.0 Å². The lowest BCUT2D eigenvalue weighted by Gasteiger charge is -2.32. The number of carbonyl (C=O) groups excluding carboxylic acids is 2. The predicted octanol–water partition coefficient (Wildman–Crippen LogP) is 1.83. The van der Waals surface area contributed by atoms with Crippen LogP contribution in [0, 0.1) is 11.7 Å². The number of rotatable bonds is 5. The number of halogens is 1. The first-order chi connectivity index (χ1) is 12.9. The average Bonchev–Trinajstić information content (AvgIpc) is 3.02. The zero-order valence-corrected chi connectivity index (χ0v) is 16.1. The van der Waals surface area contributed by atoms with Crippen molar-refractivity contribution in [1.29, 1.82) is 0 Å². The lowest BCUT2D eigenvalue weighted by molar-refractivity contribution is -0.134. The van der Waals surface area contributed by atoms with Gasteiger partial charge in [0.1, 0.15) is 5.82 Å². The number of nitrogens with two attached hydrogens (primary N) is 1. The minimum absolute atomic E-state index is 0.0682. The first-order valence-electron chi connectivity index (χ1n) is 8.77. The van der Waals surface area contributed by atoms with E-state index in [1.807, 2.05) is 0 Å². The number of nitrogens with zero attached hydrogens (tertiary/aromatic N) is 4. The van der Waals surface area contributed by atoms with Crippen LogP contribution in [0.4, 0.5) is 4.39 Å². The molecule has 3 rings (SSSR count). The molecule has 144 valence electrons. The Balaban J connectivity index is 1.71. The molecule has 1 aliphatic rings. The van der Waals surface area contributed by atoms with Crippen molar-refractivity contribution < 1.29 is 14.0 Å². The maximum atomic E-state index is 14.0. The Kier molecular flexibility index (Phi) is 5.79. The normalized spacial score (nSPS) is 18.3. The van der Waals surface area contributed by atoms with Crippen LogP contribution in [0.15, 0.2) is 29.4 Å². The number of aromatic nitrogens is 3. The molecule has 1 aliphatic heterocycles. The Labute approximate surface area is 161 Å². The Bertz CT molecular complexity index is 856. The Morgan fingerprint density at radius 1 is 1.33 bits per heavy atom. The van der Waals surface area contributed by atoms with Gasteiger partial charge in [-0.05, 0) is 31.9 Å². The SMILES string of the molecule is CC(Sc1nnc(-c2ccccc2F)n1C)C(=O)N1CCCC(C(N)=O)C1. The van der Waals surface area contributed by atoms with Gasteiger partial charge in [-0.15, -0.1) is 10.2 Å². The fourth-order valence-electron chi connectivity index (χ4n) is 3.17. The minimum Gasteiger partial charge on any atom is -0.369 e. The highest BCUT2D eigenvalue weighted by Crippen LogP contribution is 2.28. The van der Waals surface area contributed by atoms with E-state index in [0.29, 0.717) is 29.6 Å². The van der Waals surface area contributed by atoms with Crippen LogP contribution < -0.4 is 5.73 Å². The number of likely N-dealkylation sites (tertiary alicyclic amines) is 1. The van der Waals surface area contributed by atoms with Gasteiger partial charge in [0.2, 0.25) is 11.8 Å². The zero-order chi connectivity index (χ0) is 19.6. The van der Waals surface area contributed by atoms with Crippen LogP contribution in [0.3, 0.4) is 0 Å². The molecule has 27 heavy (non-hydrogen) atoms. The van der Waals surface area contributed by atoms with Crippen molar-refractivity contribution in [2.45, 2.75) is 30.2 Å². The number of carbonyl (C=O) groups is 2. The van der Waals surface area contributed by atoms with Crippen LogP contribution in [-0.2, 0) is 16.6 Å². The molecule has 7 nitrogen and oxygen atoms in total. The number of hydrogen-bond acceptors (Lipinski definition) is 5. The summed E-state index contributed by atoms with van der Waals surface area (Å²) < 4.78 is 15.7. The van der Waals surface area contributed by atoms with Gasteiger partial charge in [0.25, 0.3) is 0 Å². The fourth-order valence-corrected chi connectivity index (χ4v) is 4.07. The molecule has 0 spiro atoms. The molecule has 2 amide bonds. The number of piperidine rings is 1. The van der Waals surface area contributed by atoms with Gasteiger partial charge in [-0.2, -0.15) is 0 Å². The highest BCUT2D eigenvalue weighted by Gasteiger charge is 2.30. The molecular weight excluding hydrogens is 369 g/mol. The fraction of sp³-hybridized carbons (Fsp3) is 0.444. The van der Waals surface area contributed by atoms with E-state index in [9.17, 15) is 14.0 Å². The van der Waals surface area contributed by atoms with Crippen LogP contribution in [0.25, 0.3) is 11.4 Å². The second-order valence-corrected chi connectivity index (χ2v) is 7.94. The van der Waals surface area contributed by atoms with Crippen molar-refractivity contribution in [1.82, 2.24) is 19.7 Å². The Morgan fingerprint density at radius 2 is 2.07 bits per heavy atom. The lowest BCUT2D eigenvalue weighted by atomic mass is 9.97. The van der Waals surface area contributed by atoms with Gasteiger partial charge < -0.3 is 15.2 Å². The second kappa shape index (κ2) is 8.08. The average molecular weight is 391 g/mol. The van der Waals surface area contributed by atoms with Crippen LogP contribution in [0.2, 0.25) is 0 Å². The number of benzene rings is 1. The highest BCUT2D eigenvalue weighted by atomic mass is 32.2. The number of thioether (sulfide) groups is 1. The first kappa shape index (κ1) is 19.3. The van der Waals surface area contributed by atoms with E-state index in [1.54, 1.807) is 41.6 Å². The third-order valence-electron chi connectivity index (χ3n) is 4.72. The standard InChI is InChI=1S/C18H22FN5O2S/c1-11(17(26)24-9-5-6-12(10-24)15(20)25)27-18-22-21-16(23(18)2)13-7-3-4-8-14(13)19/h3-4,7-8,11-12H,5-6,9-10H2,1-2H3,(H2,20,25). The summed E-state index contributed by atoms with van der Waals surface area (Å²) in [6.45, 7) is 2.77. The molecular formula is C18H22FN5O2S. The molecule has 0 aliphatic carbocycles. The summed E-state index contributed by atoms with van der Waals surface area (Å²) in [5.41, 5.74) is 5.74. The first-order valence-corrected chi connectivity index (χ1v) is 9.65. The number of hydrogen-bond donors (Lipinski definition) is 1. The number of primary amides is 1. The topological polar surface area (TPSA) is 94.1 Å². The van der Waals surface area contributed by atoms with E-state index in [0.717, 1.165) is 12.8 Å². The van der Waals surface area contributed by atoms with E-state index in [4.69, 9.17) is 5.73 Å². The van der Waals surface area contributed by atoms with Gasteiger partial charge in [-0.3, -0.25) is 9.59 Å². The molecule has 0 saturated carbocycles. The Hall–Kier alpha value is -2.42. The predicted molar refractivity (Wildman–Crippen MR) is 100 cm³/mol. The van der Waals surface area contributed by atoms with Crippen LogP contribution >= 0.6 is 11.8 Å². The molecule has 1 fully saturated rings. The van der Waals surface area contributed by atoms with Crippen molar-refractivity contribution >= 4 is 23.6 Å². The van der Waals surface area contributed by atoms with E-state index in [-0.39, 0.29) is 23.5 Å². The van der Waals surface area contributed by atoms with Gasteiger partial charge >= 0.3 is 0 Å². The lowest BCUT2D eigenvalue weighted by Crippen LogP contribution is -2.46. The van der Waals surface area contributed by atoms with E-state index in [2.05, 4.69) is 10.2 Å². The second-order valence-electron chi connectivity index (χ2n) is 6.63. The highest BCUT2D eigenvalue weighted by molar-refractivity contribution is 8.00. The molecule has 1 aromatic heterocycles. The maximum Gasteiger partial charge on any atom is 0.235 e. The Morgan fingerprint density at radius 3 is 2.78 bits per heavy atom. The molecule has 2 N–H and O–H groups in total. The summed E-state index contributed by atoms with van der Waals surface area (Å²) >= 11 is 1.26. The monoisotopic (exact) mass is 391 g/mol. The van der Waals surface area contributed by atoms with Crippen molar-refractivity contribution in [2.24, 2.45) is 18.7 Å². The summed E-state index contributed by atoms with van der Waals surface area (Å²) in [5.74, 6) is -0.694. The summed E-state index contributed by atoms with van der Waals surface area (Å²) in [6.07, 6.45) is 1.48. The maximum absolute atomic E-state index is 14.0. The molecule has 2 unspecified atom stereocenters. The van der Waals surface area contributed by atoms with E-state index in [1.165, 1.54) is 17.8 Å². The van der Waals surface area contributed by atoms with E-state index >= 15 is 0 Å². The minimum atomic E-state index is -0.409. The molecule has 0 bridgehead atoms. The van der Waals surface area contributed by atoms with E-state index < -0.39 is 5.25 Å². The molecule has 0 radical (unpaired) electrons. The van der Waals surface area contributed by atoms with Crippen molar-refractivity contribution in [3.05, 3.63) is 30.1 Å². The van der Waals surface area contributed by atoms with Crippen molar-refractivity contribution in [3.8, 4) is 11.4 Å². The quantitative estimate of drug-likeness (QED) is 0.785. The molecule has 2 heterocycles. The molecule has 1 aromatic carbocycles. The largest absolute Gasteiger partial charge is 0.369 e. The number of amides is 2. The van der Waals surface area contributed by atoms with Gasteiger partial charge in [0, 0.05) is 20.1 Å². The smallest absolute Gasteiger partial charge is 0.235 e. The third-order valence-corrected chi connectivity index (χ3v) is 5.84. The molecule has 1 saturated heterocycles. The molecule has 2 aromatic rings. The third kappa shape index (κ3) is 4.13. The summed E-state index contributed by atoms with van der Waals surface area (Å²) in [4.78, 5) is 25.9. The molecule has 9 heteroatoms. The van der Waals surface area contributed by atoms with Crippen molar-refractivity contribution in [2.75, 3.05) is 13.1 Å². The van der Waals surface area contributed by atoms with Crippen LogP contribution in [0.5, 0.6) is 0 Å². The van der Waals surface area contributed by atoms with Gasteiger partial charge in [-0.1, -0.05) is 23.9 Å². The summed E-state index contributed by atoms with van der Waals surface area (Å²) in [5, 5.41) is 8.30. The van der Waals surface area contributed by atoms with Gasteiger partial charge in [-0.25, -0.2) is 4.39 Å². The summed E-state index contributed by atoms with van der Waals surface area (Å²) in [6, 6.07) is 6.36.